The molecular weight excluding hydrogens is 148 g/mol. The Morgan fingerprint density at radius 1 is 1.64 bits per heavy atom. The van der Waals surface area contributed by atoms with Crippen molar-refractivity contribution in [3.63, 3.8) is 0 Å². The van der Waals surface area contributed by atoms with E-state index >= 15 is 0 Å². The van der Waals surface area contributed by atoms with E-state index in [9.17, 15) is 4.79 Å². The fraction of sp³-hybridized carbons (Fsp3) is 0.571. The maximum Gasteiger partial charge on any atom is 0.332 e. The molecule has 0 amide bonds. The first-order valence-corrected chi connectivity index (χ1v) is 3.26. The van der Waals surface area contributed by atoms with Crippen molar-refractivity contribution in [1.82, 2.24) is 0 Å². The predicted molar refractivity (Wildman–Crippen MR) is 39.1 cm³/mol. The molecule has 64 valence electrons. The highest BCUT2D eigenvalue weighted by molar-refractivity contribution is 5.70. The van der Waals surface area contributed by atoms with Crippen LogP contribution in [0.1, 0.15) is 0 Å². The third kappa shape index (κ3) is 7.02. The molecule has 0 aliphatic carbocycles. The van der Waals surface area contributed by atoms with Gasteiger partial charge in [0.15, 0.2) is 0 Å². The molecule has 4 nitrogen and oxygen atoms in total. The number of aliphatic hydroxyl groups excluding tert-OH is 1. The average Bonchev–Trinajstić information content (AvgIpc) is 2.01. The van der Waals surface area contributed by atoms with E-state index in [-0.39, 0.29) is 26.4 Å². The van der Waals surface area contributed by atoms with Crippen LogP contribution in [0.15, 0.2) is 12.7 Å². The summed E-state index contributed by atoms with van der Waals surface area (Å²) in [7, 11) is 0. The summed E-state index contributed by atoms with van der Waals surface area (Å²) >= 11 is 0. The van der Waals surface area contributed by atoms with Crippen LogP contribution in [0.5, 0.6) is 0 Å². The third-order valence-electron chi connectivity index (χ3n) is 0.818. The van der Waals surface area contributed by atoms with Crippen LogP contribution in [0.2, 0.25) is 0 Å². The van der Waals surface area contributed by atoms with Gasteiger partial charge in [-0.25, -0.2) is 4.79 Å². The number of carbonyl (C=O) groups is 1. The molecule has 0 aromatic heterocycles. The summed E-state index contributed by atoms with van der Waals surface area (Å²) < 4.78 is 9.26. The molecule has 0 aromatic carbocycles. The topological polar surface area (TPSA) is 55.8 Å². The first kappa shape index (κ1) is 10.1. The van der Waals surface area contributed by atoms with Crippen LogP contribution < -0.4 is 0 Å². The summed E-state index contributed by atoms with van der Waals surface area (Å²) in [6.45, 7) is 3.52. The Morgan fingerprint density at radius 2 is 2.36 bits per heavy atom. The van der Waals surface area contributed by atoms with Crippen molar-refractivity contribution in [3.05, 3.63) is 12.7 Å². The molecule has 4 heteroatoms. The molecule has 0 rings (SSSR count). The van der Waals surface area contributed by atoms with Crippen LogP contribution in [0.4, 0.5) is 0 Å². The molecule has 0 saturated carbocycles. The molecule has 0 saturated heterocycles. The summed E-state index contributed by atoms with van der Waals surface area (Å²) in [5, 5.41) is 8.26. The Bertz CT molecular complexity index is 122. The minimum atomic E-state index is -0.446. The SMILES string of the molecule is C=CCOC(=O)COCCO. The van der Waals surface area contributed by atoms with Gasteiger partial charge in [-0.3, -0.25) is 0 Å². The highest BCUT2D eigenvalue weighted by Crippen LogP contribution is 1.81. The van der Waals surface area contributed by atoms with Crippen molar-refractivity contribution >= 4 is 5.97 Å². The van der Waals surface area contributed by atoms with Crippen molar-refractivity contribution in [3.8, 4) is 0 Å². The normalized spacial score (nSPS) is 9.18. The van der Waals surface area contributed by atoms with E-state index in [1.807, 2.05) is 0 Å². The molecule has 0 bridgehead atoms. The number of ether oxygens (including phenoxy) is 2. The number of hydrogen-bond acceptors (Lipinski definition) is 4. The van der Waals surface area contributed by atoms with E-state index in [2.05, 4.69) is 16.1 Å². The fourth-order valence-electron chi connectivity index (χ4n) is 0.414. The van der Waals surface area contributed by atoms with Gasteiger partial charge in [0.25, 0.3) is 0 Å². The Morgan fingerprint density at radius 3 is 2.91 bits per heavy atom. The lowest BCUT2D eigenvalue weighted by Gasteiger charge is -2.01. The van der Waals surface area contributed by atoms with Crippen LogP contribution in [0, 0.1) is 0 Å². The maximum absolute atomic E-state index is 10.6. The number of hydrogen-bond donors (Lipinski definition) is 1. The highest BCUT2D eigenvalue weighted by Gasteiger charge is 1.99. The Labute approximate surface area is 65.4 Å². The van der Waals surface area contributed by atoms with Gasteiger partial charge in [0, 0.05) is 0 Å². The number of rotatable bonds is 6. The van der Waals surface area contributed by atoms with Gasteiger partial charge in [-0.15, -0.1) is 0 Å². The fourth-order valence-corrected chi connectivity index (χ4v) is 0.414. The van der Waals surface area contributed by atoms with E-state index in [0.717, 1.165) is 0 Å². The molecule has 0 unspecified atom stereocenters. The van der Waals surface area contributed by atoms with E-state index in [0.29, 0.717) is 0 Å². The maximum atomic E-state index is 10.6. The zero-order valence-electron chi connectivity index (χ0n) is 6.28. The summed E-state index contributed by atoms with van der Waals surface area (Å²) in [5.41, 5.74) is 0. The molecule has 0 spiro atoms. The molecule has 0 aliphatic heterocycles. The van der Waals surface area contributed by atoms with Crippen LogP contribution >= 0.6 is 0 Å². The van der Waals surface area contributed by atoms with Crippen LogP contribution in [-0.2, 0) is 14.3 Å². The van der Waals surface area contributed by atoms with Crippen molar-refractivity contribution in [2.45, 2.75) is 0 Å². The lowest BCUT2D eigenvalue weighted by atomic mass is 10.6. The van der Waals surface area contributed by atoms with Gasteiger partial charge in [0.2, 0.25) is 0 Å². The lowest BCUT2D eigenvalue weighted by molar-refractivity contribution is -0.147. The molecular formula is C7H12O4. The first-order valence-electron chi connectivity index (χ1n) is 3.26. The van der Waals surface area contributed by atoms with Gasteiger partial charge in [0.1, 0.15) is 13.2 Å². The van der Waals surface area contributed by atoms with E-state index in [4.69, 9.17) is 5.11 Å². The predicted octanol–water partition coefficient (Wildman–Crippen LogP) is -0.275. The molecule has 1 N–H and O–H groups in total. The quantitative estimate of drug-likeness (QED) is 0.330. The van der Waals surface area contributed by atoms with E-state index in [1.54, 1.807) is 0 Å². The van der Waals surface area contributed by atoms with Gasteiger partial charge < -0.3 is 14.6 Å². The van der Waals surface area contributed by atoms with Crippen LogP contribution in [-0.4, -0.2) is 37.5 Å². The second kappa shape index (κ2) is 7.24. The summed E-state index contributed by atoms with van der Waals surface area (Å²) in [6.07, 6.45) is 1.48. The molecule has 0 aromatic rings. The van der Waals surface area contributed by atoms with E-state index < -0.39 is 5.97 Å². The zero-order valence-corrected chi connectivity index (χ0v) is 6.28. The van der Waals surface area contributed by atoms with Crippen molar-refractivity contribution in [2.75, 3.05) is 26.4 Å². The third-order valence-corrected chi connectivity index (χ3v) is 0.818. The Hall–Kier alpha value is -0.870. The molecule has 0 fully saturated rings. The first-order chi connectivity index (χ1) is 5.31. The summed E-state index contributed by atoms with van der Waals surface area (Å²) in [6, 6.07) is 0. The second-order valence-electron chi connectivity index (χ2n) is 1.75. The van der Waals surface area contributed by atoms with Crippen LogP contribution in [0.3, 0.4) is 0 Å². The number of carbonyl (C=O) groups excluding carboxylic acids is 1. The molecule has 0 aliphatic rings. The largest absolute Gasteiger partial charge is 0.460 e. The minimum absolute atomic E-state index is 0.0886. The molecule has 0 radical (unpaired) electrons. The lowest BCUT2D eigenvalue weighted by Crippen LogP contribution is -2.14. The minimum Gasteiger partial charge on any atom is -0.460 e. The average molecular weight is 160 g/mol. The Kier molecular flexibility index (Phi) is 6.67. The standard InChI is InChI=1S/C7H12O4/c1-2-4-11-7(9)6-10-5-3-8/h2,8H,1,3-6H2. The van der Waals surface area contributed by atoms with Crippen molar-refractivity contribution < 1.29 is 19.4 Å². The molecule has 11 heavy (non-hydrogen) atoms. The molecule has 0 heterocycles. The van der Waals surface area contributed by atoms with Gasteiger partial charge in [0.05, 0.1) is 13.2 Å². The second-order valence-corrected chi connectivity index (χ2v) is 1.75. The zero-order chi connectivity index (χ0) is 8.53. The Balaban J connectivity index is 3.15. The summed E-state index contributed by atoms with van der Waals surface area (Å²) in [4.78, 5) is 10.6. The summed E-state index contributed by atoms with van der Waals surface area (Å²) in [5.74, 6) is -0.446. The number of aliphatic hydroxyl groups is 1. The van der Waals surface area contributed by atoms with E-state index in [1.165, 1.54) is 6.08 Å². The highest BCUT2D eigenvalue weighted by atomic mass is 16.6. The molecule has 0 atom stereocenters. The monoisotopic (exact) mass is 160 g/mol. The van der Waals surface area contributed by atoms with Gasteiger partial charge in [-0.05, 0) is 0 Å². The number of esters is 1. The van der Waals surface area contributed by atoms with Crippen LogP contribution in [0.25, 0.3) is 0 Å². The van der Waals surface area contributed by atoms with Gasteiger partial charge in [-0.1, -0.05) is 12.7 Å². The van der Waals surface area contributed by atoms with Gasteiger partial charge >= 0.3 is 5.97 Å². The van der Waals surface area contributed by atoms with Gasteiger partial charge in [-0.2, -0.15) is 0 Å². The smallest absolute Gasteiger partial charge is 0.332 e. The van der Waals surface area contributed by atoms with Crippen molar-refractivity contribution in [2.24, 2.45) is 0 Å². The van der Waals surface area contributed by atoms with Crippen molar-refractivity contribution in [1.29, 1.82) is 0 Å².